The van der Waals surface area contributed by atoms with E-state index in [4.69, 9.17) is 0 Å². The molecule has 2 aromatic heterocycles. The van der Waals surface area contributed by atoms with Crippen molar-refractivity contribution >= 4 is 10.9 Å². The first-order valence-electron chi connectivity index (χ1n) is 11.3. The predicted octanol–water partition coefficient (Wildman–Crippen LogP) is 3.69. The van der Waals surface area contributed by atoms with E-state index in [1.807, 2.05) is 54.1 Å². The Balaban J connectivity index is 1.63. The normalized spacial score (nSPS) is 18.1. The average molecular weight is 429 g/mol. The fourth-order valence-electron chi connectivity index (χ4n) is 4.84. The van der Waals surface area contributed by atoms with Crippen LogP contribution in [-0.2, 0) is 6.54 Å². The Bertz CT molecular complexity index is 1280. The topological polar surface area (TPSA) is 79.7 Å². The first-order valence-corrected chi connectivity index (χ1v) is 11.3. The van der Waals surface area contributed by atoms with Gasteiger partial charge in [-0.1, -0.05) is 55.5 Å². The molecule has 0 spiro atoms. The summed E-state index contributed by atoms with van der Waals surface area (Å²) in [6, 6.07) is 18.0. The maximum Gasteiger partial charge on any atom is 0.253 e. The summed E-state index contributed by atoms with van der Waals surface area (Å²) in [4.78, 5) is 18.9. The van der Waals surface area contributed by atoms with Crippen LogP contribution in [0.15, 0.2) is 59.4 Å². The molecular weight excluding hydrogens is 400 g/mol. The van der Waals surface area contributed by atoms with Crippen molar-refractivity contribution in [2.45, 2.75) is 39.3 Å². The predicted molar refractivity (Wildman–Crippen MR) is 124 cm³/mol. The first kappa shape index (κ1) is 20.6. The number of aromatic amines is 1. The average Bonchev–Trinajstić information content (AvgIpc) is 3.23. The van der Waals surface area contributed by atoms with Gasteiger partial charge in [-0.2, -0.15) is 0 Å². The molecule has 32 heavy (non-hydrogen) atoms. The van der Waals surface area contributed by atoms with Gasteiger partial charge in [0.1, 0.15) is 6.04 Å². The van der Waals surface area contributed by atoms with Gasteiger partial charge in [0.25, 0.3) is 5.56 Å². The Kier molecular flexibility index (Phi) is 5.57. The number of tetrazole rings is 1. The quantitative estimate of drug-likeness (QED) is 0.524. The summed E-state index contributed by atoms with van der Waals surface area (Å²) in [6.07, 6.45) is 2.30. The highest BCUT2D eigenvalue weighted by molar-refractivity contribution is 5.82. The molecule has 1 fully saturated rings. The van der Waals surface area contributed by atoms with E-state index < -0.39 is 0 Å². The lowest BCUT2D eigenvalue weighted by Gasteiger charge is -2.36. The highest BCUT2D eigenvalue weighted by Crippen LogP contribution is 2.31. The number of likely N-dealkylation sites (tertiary alicyclic amines) is 1. The second-order valence-corrected chi connectivity index (χ2v) is 8.92. The van der Waals surface area contributed by atoms with E-state index >= 15 is 0 Å². The standard InChI is InChI=1S/C25H28N6O/c1-17-8-7-13-30(15-17)23(21-14-20-12-6-9-18(2)22(20)26-25(21)32)24-27-28-29-31(24)16-19-10-4-3-5-11-19/h3-6,9-12,14,17,23H,7-8,13,15-16H2,1-2H3,(H,26,32)/t17-,23-/m0/s1. The van der Waals surface area contributed by atoms with Crippen LogP contribution in [0.3, 0.4) is 0 Å². The van der Waals surface area contributed by atoms with Crippen LogP contribution < -0.4 is 5.56 Å². The third-order valence-corrected chi connectivity index (χ3v) is 6.44. The number of H-pyrrole nitrogens is 1. The molecule has 0 amide bonds. The van der Waals surface area contributed by atoms with E-state index in [1.54, 1.807) is 0 Å². The third kappa shape index (κ3) is 3.96. The number of fused-ring (bicyclic) bond motifs is 1. The SMILES string of the molecule is Cc1cccc2cc([C@@H](c3nnnn3Cc3ccccc3)N3CCC[C@H](C)C3)c(=O)[nH]c12. The minimum absolute atomic E-state index is 0.0794. The molecule has 0 saturated carbocycles. The Morgan fingerprint density at radius 3 is 2.81 bits per heavy atom. The molecule has 0 aliphatic carbocycles. The van der Waals surface area contributed by atoms with Crippen molar-refractivity contribution in [3.63, 3.8) is 0 Å². The van der Waals surface area contributed by atoms with Gasteiger partial charge in [-0.15, -0.1) is 5.10 Å². The molecule has 0 radical (unpaired) electrons. The van der Waals surface area contributed by atoms with Crippen LogP contribution in [0.4, 0.5) is 0 Å². The van der Waals surface area contributed by atoms with E-state index in [9.17, 15) is 4.79 Å². The van der Waals surface area contributed by atoms with Crippen molar-refractivity contribution in [1.29, 1.82) is 0 Å². The van der Waals surface area contributed by atoms with Crippen LogP contribution >= 0.6 is 0 Å². The highest BCUT2D eigenvalue weighted by Gasteiger charge is 2.32. The number of nitrogens with zero attached hydrogens (tertiary/aromatic N) is 5. The Morgan fingerprint density at radius 1 is 1.16 bits per heavy atom. The summed E-state index contributed by atoms with van der Waals surface area (Å²) in [6.45, 7) is 6.67. The molecule has 1 aliphatic heterocycles. The molecule has 2 atom stereocenters. The van der Waals surface area contributed by atoms with Gasteiger partial charge in [0.15, 0.2) is 5.82 Å². The summed E-state index contributed by atoms with van der Waals surface area (Å²) in [7, 11) is 0. The Labute approximate surface area is 187 Å². The maximum atomic E-state index is 13.4. The molecule has 0 unspecified atom stereocenters. The van der Waals surface area contributed by atoms with Crippen molar-refractivity contribution in [1.82, 2.24) is 30.1 Å². The maximum absolute atomic E-state index is 13.4. The number of piperidine rings is 1. The Hall–Kier alpha value is -3.32. The highest BCUT2D eigenvalue weighted by atomic mass is 16.1. The largest absolute Gasteiger partial charge is 0.321 e. The number of aryl methyl sites for hydroxylation is 1. The lowest BCUT2D eigenvalue weighted by Crippen LogP contribution is -2.41. The summed E-state index contributed by atoms with van der Waals surface area (Å²) < 4.78 is 1.83. The van der Waals surface area contributed by atoms with Gasteiger partial charge >= 0.3 is 0 Å². The van der Waals surface area contributed by atoms with E-state index in [0.717, 1.165) is 41.5 Å². The molecular formula is C25H28N6O. The molecule has 7 heteroatoms. The lowest BCUT2D eigenvalue weighted by molar-refractivity contribution is 0.141. The second-order valence-electron chi connectivity index (χ2n) is 8.92. The number of hydrogen-bond acceptors (Lipinski definition) is 5. The monoisotopic (exact) mass is 428 g/mol. The number of benzene rings is 2. The zero-order chi connectivity index (χ0) is 22.1. The van der Waals surface area contributed by atoms with E-state index in [2.05, 4.69) is 44.5 Å². The van der Waals surface area contributed by atoms with Gasteiger partial charge in [-0.3, -0.25) is 9.69 Å². The van der Waals surface area contributed by atoms with Crippen LogP contribution in [-0.4, -0.2) is 43.2 Å². The summed E-state index contributed by atoms with van der Waals surface area (Å²) in [5.41, 5.74) is 3.68. The van der Waals surface area contributed by atoms with Gasteiger partial charge in [-0.05, 0) is 65.2 Å². The lowest BCUT2D eigenvalue weighted by atomic mass is 9.95. The van der Waals surface area contributed by atoms with Gasteiger partial charge in [0, 0.05) is 12.1 Å². The molecule has 1 saturated heterocycles. The smallest absolute Gasteiger partial charge is 0.253 e. The number of para-hydroxylation sites is 1. The van der Waals surface area contributed by atoms with E-state index in [-0.39, 0.29) is 11.6 Å². The van der Waals surface area contributed by atoms with Crippen molar-refractivity contribution < 1.29 is 0 Å². The first-order chi connectivity index (χ1) is 15.6. The van der Waals surface area contributed by atoms with Gasteiger partial charge < -0.3 is 4.98 Å². The molecule has 4 aromatic rings. The number of hydrogen-bond donors (Lipinski definition) is 1. The van der Waals surface area contributed by atoms with Crippen LogP contribution in [0.1, 0.15) is 48.3 Å². The fraction of sp³-hybridized carbons (Fsp3) is 0.360. The molecule has 1 aliphatic rings. The van der Waals surface area contributed by atoms with Crippen LogP contribution in [0.2, 0.25) is 0 Å². The number of pyridine rings is 1. The molecule has 5 rings (SSSR count). The van der Waals surface area contributed by atoms with Crippen molar-refractivity contribution in [2.75, 3.05) is 13.1 Å². The van der Waals surface area contributed by atoms with Crippen molar-refractivity contribution in [3.8, 4) is 0 Å². The summed E-state index contributed by atoms with van der Waals surface area (Å²) in [5, 5.41) is 13.8. The number of nitrogens with one attached hydrogen (secondary N) is 1. The van der Waals surface area contributed by atoms with Gasteiger partial charge in [0.2, 0.25) is 0 Å². The van der Waals surface area contributed by atoms with Crippen molar-refractivity contribution in [2.24, 2.45) is 5.92 Å². The minimum atomic E-state index is -0.301. The van der Waals surface area contributed by atoms with Crippen LogP contribution in [0.5, 0.6) is 0 Å². The minimum Gasteiger partial charge on any atom is -0.321 e. The van der Waals surface area contributed by atoms with Crippen molar-refractivity contribution in [3.05, 3.63) is 87.5 Å². The summed E-state index contributed by atoms with van der Waals surface area (Å²) >= 11 is 0. The number of aromatic nitrogens is 5. The van der Waals surface area contributed by atoms with E-state index in [0.29, 0.717) is 23.9 Å². The molecule has 3 heterocycles. The fourth-order valence-corrected chi connectivity index (χ4v) is 4.84. The second kappa shape index (κ2) is 8.67. The summed E-state index contributed by atoms with van der Waals surface area (Å²) in [5.74, 6) is 1.27. The molecule has 164 valence electrons. The number of rotatable bonds is 5. The molecule has 0 bridgehead atoms. The van der Waals surface area contributed by atoms with E-state index in [1.165, 1.54) is 6.42 Å². The Morgan fingerprint density at radius 2 is 2.00 bits per heavy atom. The van der Waals surface area contributed by atoms with Crippen LogP contribution in [0.25, 0.3) is 10.9 Å². The van der Waals surface area contributed by atoms with Crippen LogP contribution in [0, 0.1) is 12.8 Å². The molecule has 2 aromatic carbocycles. The third-order valence-electron chi connectivity index (χ3n) is 6.44. The van der Waals surface area contributed by atoms with Gasteiger partial charge in [-0.25, -0.2) is 4.68 Å². The zero-order valence-electron chi connectivity index (χ0n) is 18.5. The molecule has 7 nitrogen and oxygen atoms in total. The molecule has 1 N–H and O–H groups in total. The van der Waals surface area contributed by atoms with Gasteiger partial charge in [0.05, 0.1) is 12.1 Å². The zero-order valence-corrected chi connectivity index (χ0v) is 18.5.